The molecule has 0 aliphatic carbocycles. The van der Waals surface area contributed by atoms with Gasteiger partial charge in [-0.3, -0.25) is 0 Å². The van der Waals surface area contributed by atoms with Crippen molar-refractivity contribution >= 4 is 0 Å². The zero-order valence-corrected chi connectivity index (χ0v) is 3.61. The summed E-state index contributed by atoms with van der Waals surface area (Å²) in [7, 11) is 0. The predicted octanol–water partition coefficient (Wildman–Crippen LogP) is 0.681. The first-order valence-electron chi connectivity index (χ1n) is 0.623. The van der Waals surface area contributed by atoms with Crippen LogP contribution in [0.1, 0.15) is 0 Å². The van der Waals surface area contributed by atoms with Gasteiger partial charge in [-0.1, -0.05) is 0 Å². The Labute approximate surface area is 38.0 Å². The van der Waals surface area contributed by atoms with Crippen LogP contribution in [0.3, 0.4) is 0 Å². The van der Waals surface area contributed by atoms with Gasteiger partial charge in [-0.05, 0) is 0 Å². The Morgan fingerprint density at radius 3 is 1.25 bits per heavy atom. The van der Waals surface area contributed by atoms with Crippen LogP contribution in [0, 0.1) is 0 Å². The van der Waals surface area contributed by atoms with Gasteiger partial charge in [-0.15, -0.1) is 13.2 Å². The SMILES string of the molecule is C=C.[O]=[Ag]. The summed E-state index contributed by atoms with van der Waals surface area (Å²) in [6, 6.07) is 0. The van der Waals surface area contributed by atoms with Crippen LogP contribution in [0.5, 0.6) is 0 Å². The molecule has 1 nitrogen and oxygen atoms in total. The molecule has 0 aromatic carbocycles. The zero-order chi connectivity index (χ0) is 4.00. The molecule has 2 heteroatoms. The molecule has 0 aromatic rings. The third-order valence-corrected chi connectivity index (χ3v) is 0. The van der Waals surface area contributed by atoms with E-state index in [4.69, 9.17) is 3.25 Å². The fourth-order valence-corrected chi connectivity index (χ4v) is 0. The van der Waals surface area contributed by atoms with E-state index in [0.717, 1.165) is 0 Å². The van der Waals surface area contributed by atoms with Crippen LogP contribution >= 0.6 is 0 Å². The van der Waals surface area contributed by atoms with E-state index in [1.807, 2.05) is 0 Å². The van der Waals surface area contributed by atoms with Gasteiger partial charge in [0.15, 0.2) is 0 Å². The van der Waals surface area contributed by atoms with Crippen molar-refractivity contribution in [3.8, 4) is 0 Å². The molecule has 0 fully saturated rings. The van der Waals surface area contributed by atoms with E-state index in [9.17, 15) is 0 Å². The third kappa shape index (κ3) is 47.6. The van der Waals surface area contributed by atoms with E-state index in [1.165, 1.54) is 0 Å². The van der Waals surface area contributed by atoms with Gasteiger partial charge in [-0.25, -0.2) is 0 Å². The standard InChI is InChI=1S/C2H4.Ag.O/c1-2;;/h1-2H2;;. The number of hydrogen-bond donors (Lipinski definition) is 0. The normalized spacial score (nSPS) is 2.50. The first kappa shape index (κ1) is 8.86. The Morgan fingerprint density at radius 2 is 1.25 bits per heavy atom. The van der Waals surface area contributed by atoms with Crippen LogP contribution in [-0.4, -0.2) is 0 Å². The second-order valence-electron chi connectivity index (χ2n) is 0. The van der Waals surface area contributed by atoms with Gasteiger partial charge in [0.1, 0.15) is 0 Å². The van der Waals surface area contributed by atoms with Crippen LogP contribution in [0.25, 0.3) is 0 Å². The van der Waals surface area contributed by atoms with Crippen molar-refractivity contribution in [2.75, 3.05) is 0 Å². The summed E-state index contributed by atoms with van der Waals surface area (Å²) in [6.07, 6.45) is 0. The Morgan fingerprint density at radius 1 is 1.25 bits per heavy atom. The maximum atomic E-state index is 8.06. The van der Waals surface area contributed by atoms with Crippen LogP contribution < -0.4 is 0 Å². The van der Waals surface area contributed by atoms with Gasteiger partial charge in [0, 0.05) is 0 Å². The molecule has 0 heterocycles. The number of hydrogen-bond acceptors (Lipinski definition) is 1. The van der Waals surface area contributed by atoms with Crippen LogP contribution in [0.15, 0.2) is 13.2 Å². The Bertz CT molecular complexity index is 8.00. The quantitative estimate of drug-likeness (QED) is 0.368. The topological polar surface area (TPSA) is 17.1 Å². The summed E-state index contributed by atoms with van der Waals surface area (Å²) in [6.45, 7) is 6.00. The molecule has 0 spiro atoms. The van der Waals surface area contributed by atoms with E-state index >= 15 is 0 Å². The molecule has 0 N–H and O–H groups in total. The van der Waals surface area contributed by atoms with Crippen molar-refractivity contribution in [2.45, 2.75) is 0 Å². The van der Waals surface area contributed by atoms with E-state index in [-0.39, 0.29) is 0 Å². The number of rotatable bonds is 0. The molecule has 0 rings (SSSR count). The fourth-order valence-electron chi connectivity index (χ4n) is 0. The zero-order valence-electron chi connectivity index (χ0n) is 2.12. The molecular weight excluding hydrogens is 148 g/mol. The Hall–Kier alpha value is 0.280. The molecule has 29 valence electrons. The summed E-state index contributed by atoms with van der Waals surface area (Å²) in [4.78, 5) is 0. The van der Waals surface area contributed by atoms with Crippen LogP contribution in [0.2, 0.25) is 0 Å². The first-order valence-corrected chi connectivity index (χ1v) is 1.23. The molecule has 0 radical (unpaired) electrons. The van der Waals surface area contributed by atoms with Crippen molar-refractivity contribution in [3.63, 3.8) is 0 Å². The van der Waals surface area contributed by atoms with E-state index in [1.54, 1.807) is 21.0 Å². The average Bonchev–Trinajstić information content (AvgIpc) is 1.50. The molecule has 0 saturated heterocycles. The molecule has 4 heavy (non-hydrogen) atoms. The summed E-state index contributed by atoms with van der Waals surface area (Å²) in [5.74, 6) is 0. The Kier molecular flexibility index (Phi) is 481. The van der Waals surface area contributed by atoms with Crippen LogP contribution in [0.4, 0.5) is 0 Å². The second kappa shape index (κ2) is 217. The molecule has 0 aromatic heterocycles. The van der Waals surface area contributed by atoms with Gasteiger partial charge < -0.3 is 0 Å². The van der Waals surface area contributed by atoms with Crippen LogP contribution in [-0.2, 0) is 24.3 Å². The van der Waals surface area contributed by atoms with E-state index < -0.39 is 0 Å². The first-order chi connectivity index (χ1) is 2.00. The molecule has 0 amide bonds. The monoisotopic (exact) mass is 151 g/mol. The minimum atomic E-state index is 1.70. The van der Waals surface area contributed by atoms with Gasteiger partial charge in [0.05, 0.1) is 0 Å². The van der Waals surface area contributed by atoms with Gasteiger partial charge in [0.2, 0.25) is 0 Å². The molecule has 0 bridgehead atoms. The van der Waals surface area contributed by atoms with Crippen molar-refractivity contribution in [2.24, 2.45) is 0 Å². The maximum absolute atomic E-state index is 8.06. The molecule has 0 saturated carbocycles. The van der Waals surface area contributed by atoms with Crippen molar-refractivity contribution in [1.29, 1.82) is 0 Å². The van der Waals surface area contributed by atoms with E-state index in [2.05, 4.69) is 13.2 Å². The molecule has 0 unspecified atom stereocenters. The predicted molar refractivity (Wildman–Crippen MR) is 11.9 cm³/mol. The van der Waals surface area contributed by atoms with Gasteiger partial charge in [0.25, 0.3) is 0 Å². The summed E-state index contributed by atoms with van der Waals surface area (Å²) >= 11 is 1.70. The molecule has 0 aliphatic heterocycles. The van der Waals surface area contributed by atoms with Gasteiger partial charge >= 0.3 is 24.3 Å². The summed E-state index contributed by atoms with van der Waals surface area (Å²) < 4.78 is 8.06. The third-order valence-electron chi connectivity index (χ3n) is 0. The molecule has 0 atom stereocenters. The van der Waals surface area contributed by atoms with E-state index in [0.29, 0.717) is 0 Å². The Balaban J connectivity index is 0. The summed E-state index contributed by atoms with van der Waals surface area (Å²) in [5.41, 5.74) is 0. The summed E-state index contributed by atoms with van der Waals surface area (Å²) in [5, 5.41) is 0. The van der Waals surface area contributed by atoms with Crippen molar-refractivity contribution < 1.29 is 24.3 Å². The molecular formula is C2H4AgO. The van der Waals surface area contributed by atoms with Gasteiger partial charge in [-0.2, -0.15) is 0 Å². The fraction of sp³-hybridized carbons (Fsp3) is 0. The second-order valence-corrected chi connectivity index (χ2v) is 0. The average molecular weight is 152 g/mol. The molecule has 0 aliphatic rings. The minimum absolute atomic E-state index is 1.70. The van der Waals surface area contributed by atoms with Crippen molar-refractivity contribution in [1.82, 2.24) is 0 Å². The van der Waals surface area contributed by atoms with Crippen molar-refractivity contribution in [3.05, 3.63) is 13.2 Å².